The average molecular weight is 449 g/mol. The zero-order valence-electron chi connectivity index (χ0n) is 17.5. The quantitative estimate of drug-likeness (QED) is 0.468. The van der Waals surface area contributed by atoms with Gasteiger partial charge < -0.3 is 11.1 Å². The van der Waals surface area contributed by atoms with Crippen molar-refractivity contribution in [1.82, 2.24) is 19.6 Å². The molecule has 0 aliphatic rings. The van der Waals surface area contributed by atoms with E-state index in [1.807, 2.05) is 38.1 Å². The van der Waals surface area contributed by atoms with Gasteiger partial charge in [-0.2, -0.15) is 10.2 Å². The molecule has 0 aliphatic heterocycles. The molecule has 2 amide bonds. The zero-order valence-corrected chi connectivity index (χ0v) is 18.3. The van der Waals surface area contributed by atoms with Crippen LogP contribution in [0, 0.1) is 13.8 Å². The fourth-order valence-electron chi connectivity index (χ4n) is 3.46. The fourth-order valence-corrected chi connectivity index (χ4v) is 3.65. The number of hydrogen-bond acceptors (Lipinski definition) is 4. The number of amides is 2. The minimum Gasteiger partial charge on any atom is -0.364 e. The van der Waals surface area contributed by atoms with Crippen LogP contribution in [0.2, 0.25) is 5.02 Å². The van der Waals surface area contributed by atoms with Crippen molar-refractivity contribution in [3.63, 3.8) is 0 Å². The van der Waals surface area contributed by atoms with Gasteiger partial charge >= 0.3 is 0 Å². The summed E-state index contributed by atoms with van der Waals surface area (Å²) in [5.74, 6) is -0.832. The van der Waals surface area contributed by atoms with Gasteiger partial charge in [-0.1, -0.05) is 29.8 Å². The van der Waals surface area contributed by atoms with Gasteiger partial charge in [-0.05, 0) is 55.8 Å². The van der Waals surface area contributed by atoms with Crippen molar-refractivity contribution < 1.29 is 9.59 Å². The maximum Gasteiger partial charge on any atom is 0.269 e. The highest BCUT2D eigenvalue weighted by molar-refractivity contribution is 6.31. The summed E-state index contributed by atoms with van der Waals surface area (Å²) in [6.07, 6.45) is 1.65. The van der Waals surface area contributed by atoms with Crippen LogP contribution in [0.5, 0.6) is 0 Å². The number of rotatable bonds is 6. The van der Waals surface area contributed by atoms with E-state index in [1.165, 1.54) is 0 Å². The van der Waals surface area contributed by atoms with Gasteiger partial charge in [0.15, 0.2) is 0 Å². The molecule has 0 atom stereocenters. The average Bonchev–Trinajstić information content (AvgIpc) is 3.35. The van der Waals surface area contributed by atoms with Crippen LogP contribution in [-0.2, 0) is 6.54 Å². The van der Waals surface area contributed by atoms with Gasteiger partial charge in [-0.3, -0.25) is 14.3 Å². The molecule has 2 heterocycles. The molecular formula is C23H21ClN6O2. The lowest BCUT2D eigenvalue weighted by Gasteiger charge is -2.09. The first-order chi connectivity index (χ1) is 15.3. The van der Waals surface area contributed by atoms with Gasteiger partial charge in [0.2, 0.25) is 0 Å². The van der Waals surface area contributed by atoms with Crippen LogP contribution in [0.1, 0.15) is 37.8 Å². The summed E-state index contributed by atoms with van der Waals surface area (Å²) in [5, 5.41) is 12.2. The van der Waals surface area contributed by atoms with E-state index < -0.39 is 5.91 Å². The normalized spacial score (nSPS) is 10.8. The van der Waals surface area contributed by atoms with E-state index in [1.54, 1.807) is 45.9 Å². The van der Waals surface area contributed by atoms with Gasteiger partial charge in [0, 0.05) is 22.6 Å². The second-order valence-electron chi connectivity index (χ2n) is 7.31. The third kappa shape index (κ3) is 4.26. The molecule has 0 fully saturated rings. The van der Waals surface area contributed by atoms with E-state index in [4.69, 9.17) is 17.3 Å². The maximum absolute atomic E-state index is 13.0. The molecule has 0 saturated heterocycles. The minimum atomic E-state index is -0.589. The van der Waals surface area contributed by atoms with Crippen LogP contribution in [-0.4, -0.2) is 31.4 Å². The van der Waals surface area contributed by atoms with E-state index in [2.05, 4.69) is 15.5 Å². The van der Waals surface area contributed by atoms with Crippen molar-refractivity contribution >= 4 is 29.1 Å². The van der Waals surface area contributed by atoms with E-state index in [-0.39, 0.29) is 11.6 Å². The maximum atomic E-state index is 13.0. The smallest absolute Gasteiger partial charge is 0.269 e. The van der Waals surface area contributed by atoms with Crippen LogP contribution >= 0.6 is 11.6 Å². The number of anilines is 1. The Morgan fingerprint density at radius 3 is 2.41 bits per heavy atom. The molecule has 0 unspecified atom stereocenters. The predicted molar refractivity (Wildman–Crippen MR) is 122 cm³/mol. The summed E-state index contributed by atoms with van der Waals surface area (Å²) >= 11 is 6.27. The molecule has 2 aromatic carbocycles. The predicted octanol–water partition coefficient (Wildman–Crippen LogP) is 3.74. The van der Waals surface area contributed by atoms with Gasteiger partial charge in [0.1, 0.15) is 5.69 Å². The molecule has 0 bridgehead atoms. The molecule has 0 aliphatic carbocycles. The van der Waals surface area contributed by atoms with Crippen molar-refractivity contribution in [3.8, 4) is 5.69 Å². The number of carbonyl (C=O) groups is 2. The minimum absolute atomic E-state index is 0.183. The number of primary amides is 1. The summed E-state index contributed by atoms with van der Waals surface area (Å²) < 4.78 is 3.32. The summed E-state index contributed by atoms with van der Waals surface area (Å²) in [6.45, 7) is 4.15. The van der Waals surface area contributed by atoms with Crippen LogP contribution in [0.25, 0.3) is 5.69 Å². The number of halogens is 1. The van der Waals surface area contributed by atoms with Crippen molar-refractivity contribution in [2.75, 3.05) is 5.32 Å². The molecule has 0 saturated carbocycles. The molecule has 2 aromatic heterocycles. The summed E-state index contributed by atoms with van der Waals surface area (Å²) in [6, 6.07) is 16.2. The van der Waals surface area contributed by atoms with Crippen molar-refractivity contribution in [1.29, 1.82) is 0 Å². The molecular weight excluding hydrogens is 428 g/mol. The molecule has 4 rings (SSSR count). The largest absolute Gasteiger partial charge is 0.364 e. The third-order valence-corrected chi connectivity index (χ3v) is 5.49. The van der Waals surface area contributed by atoms with E-state index in [9.17, 15) is 9.59 Å². The van der Waals surface area contributed by atoms with Crippen molar-refractivity contribution in [2.24, 2.45) is 5.73 Å². The van der Waals surface area contributed by atoms with Crippen LogP contribution in [0.15, 0.2) is 60.8 Å². The van der Waals surface area contributed by atoms with Gasteiger partial charge in [0.25, 0.3) is 11.8 Å². The van der Waals surface area contributed by atoms with Crippen LogP contribution < -0.4 is 11.1 Å². The van der Waals surface area contributed by atoms with Crippen LogP contribution in [0.4, 0.5) is 5.69 Å². The Labute approximate surface area is 189 Å². The van der Waals surface area contributed by atoms with Crippen molar-refractivity contribution in [2.45, 2.75) is 20.4 Å². The number of nitrogens with zero attached hydrogens (tertiary/aromatic N) is 4. The highest BCUT2D eigenvalue weighted by Gasteiger charge is 2.19. The lowest BCUT2D eigenvalue weighted by atomic mass is 10.1. The lowest BCUT2D eigenvalue weighted by molar-refractivity contribution is 0.0992. The molecule has 8 nitrogen and oxygen atoms in total. The Morgan fingerprint density at radius 2 is 1.75 bits per heavy atom. The Balaban J connectivity index is 1.51. The Hall–Kier alpha value is -3.91. The number of nitrogens with one attached hydrogen (secondary N) is 1. The second-order valence-corrected chi connectivity index (χ2v) is 7.71. The fraction of sp³-hybridized carbons (Fsp3) is 0.130. The van der Waals surface area contributed by atoms with Gasteiger partial charge in [0.05, 0.1) is 23.5 Å². The molecule has 9 heteroatoms. The third-order valence-electron chi connectivity index (χ3n) is 5.12. The number of aromatic nitrogens is 4. The molecule has 32 heavy (non-hydrogen) atoms. The van der Waals surface area contributed by atoms with Crippen molar-refractivity contribution in [3.05, 3.63) is 94.0 Å². The number of nitrogens with two attached hydrogens (primary N) is 1. The van der Waals surface area contributed by atoms with E-state index >= 15 is 0 Å². The van der Waals surface area contributed by atoms with Gasteiger partial charge in [-0.15, -0.1) is 0 Å². The van der Waals surface area contributed by atoms with Gasteiger partial charge in [-0.25, -0.2) is 4.68 Å². The number of benzene rings is 2. The zero-order chi connectivity index (χ0) is 22.8. The summed E-state index contributed by atoms with van der Waals surface area (Å²) in [4.78, 5) is 24.2. The highest BCUT2D eigenvalue weighted by Crippen LogP contribution is 2.21. The first kappa shape index (κ1) is 21.3. The summed E-state index contributed by atoms with van der Waals surface area (Å²) in [7, 11) is 0. The number of carbonyl (C=O) groups excluding carboxylic acids is 2. The highest BCUT2D eigenvalue weighted by atomic mass is 35.5. The molecule has 162 valence electrons. The second kappa shape index (κ2) is 8.68. The Kier molecular flexibility index (Phi) is 5.79. The standard InChI is InChI=1S/C23H21ClN6O2/c1-14-21(15(2)30(27-14)13-16-5-3-4-6-19(16)24)23(32)26-17-7-9-18(10-8-17)29-12-11-20(28-29)22(25)31/h3-12H,13H2,1-2H3,(H2,25,31)(H,26,32). The Morgan fingerprint density at radius 1 is 1.03 bits per heavy atom. The number of aryl methyl sites for hydroxylation is 1. The van der Waals surface area contributed by atoms with Crippen LogP contribution in [0.3, 0.4) is 0 Å². The molecule has 0 radical (unpaired) electrons. The molecule has 3 N–H and O–H groups in total. The topological polar surface area (TPSA) is 108 Å². The Bertz CT molecular complexity index is 1310. The molecule has 4 aromatic rings. The monoisotopic (exact) mass is 448 g/mol. The SMILES string of the molecule is Cc1nn(Cc2ccccc2Cl)c(C)c1C(=O)Nc1ccc(-n2ccc(C(N)=O)n2)cc1. The van der Waals surface area contributed by atoms with E-state index in [0.717, 1.165) is 16.9 Å². The number of hydrogen-bond donors (Lipinski definition) is 2. The first-order valence-electron chi connectivity index (χ1n) is 9.88. The molecule has 0 spiro atoms. The van der Waals surface area contributed by atoms with E-state index in [0.29, 0.717) is 28.5 Å². The lowest BCUT2D eigenvalue weighted by Crippen LogP contribution is -2.14. The first-order valence-corrected chi connectivity index (χ1v) is 10.3. The summed E-state index contributed by atoms with van der Waals surface area (Å²) in [5.41, 5.74) is 9.63.